The van der Waals surface area contributed by atoms with Gasteiger partial charge in [0.1, 0.15) is 5.75 Å². The summed E-state index contributed by atoms with van der Waals surface area (Å²) in [6.45, 7) is 5.24. The number of benzene rings is 1. The Kier molecular flexibility index (Phi) is 12.3. The minimum absolute atomic E-state index is 0.298. The summed E-state index contributed by atoms with van der Waals surface area (Å²) in [6.07, 6.45) is 20.2. The first-order valence-corrected chi connectivity index (χ1v) is 12.4. The minimum Gasteiger partial charge on any atom is -0.493 e. The highest BCUT2D eigenvalue weighted by molar-refractivity contribution is 5.87. The molecule has 0 atom stereocenters. The summed E-state index contributed by atoms with van der Waals surface area (Å²) in [5, 5.41) is 0. The van der Waals surface area contributed by atoms with E-state index in [0.717, 1.165) is 24.3 Å². The first-order valence-electron chi connectivity index (χ1n) is 12.4. The predicted molar refractivity (Wildman–Crippen MR) is 126 cm³/mol. The van der Waals surface area contributed by atoms with Crippen LogP contribution in [0.15, 0.2) is 24.3 Å². The van der Waals surface area contributed by atoms with Crippen molar-refractivity contribution >= 4 is 12.0 Å². The van der Waals surface area contributed by atoms with E-state index in [2.05, 4.69) is 19.1 Å². The van der Waals surface area contributed by atoms with Gasteiger partial charge >= 0.3 is 5.97 Å². The van der Waals surface area contributed by atoms with Crippen LogP contribution in [0.25, 0.3) is 6.08 Å². The van der Waals surface area contributed by atoms with E-state index in [-0.39, 0.29) is 5.97 Å². The molecule has 1 aliphatic carbocycles. The molecule has 0 N–H and O–H groups in total. The van der Waals surface area contributed by atoms with E-state index >= 15 is 0 Å². The number of unbranched alkanes of at least 4 members (excludes halogenated alkanes) is 8. The van der Waals surface area contributed by atoms with Crippen LogP contribution in [0.1, 0.15) is 114 Å². The molecular formula is C27H42O3. The van der Waals surface area contributed by atoms with E-state index < -0.39 is 0 Å². The number of ether oxygens (including phenoxy) is 2. The average Bonchev–Trinajstić information content (AvgIpc) is 3.29. The highest BCUT2D eigenvalue weighted by atomic mass is 16.5. The second-order valence-corrected chi connectivity index (χ2v) is 8.51. The van der Waals surface area contributed by atoms with Gasteiger partial charge in [0, 0.05) is 11.6 Å². The lowest BCUT2D eigenvalue weighted by atomic mass is 9.94. The van der Waals surface area contributed by atoms with E-state index in [0.29, 0.717) is 12.5 Å². The molecule has 1 fully saturated rings. The summed E-state index contributed by atoms with van der Waals surface area (Å²) in [6, 6.07) is 6.34. The van der Waals surface area contributed by atoms with Crippen molar-refractivity contribution in [3.05, 3.63) is 35.4 Å². The molecule has 1 aromatic rings. The van der Waals surface area contributed by atoms with Crippen LogP contribution in [0.5, 0.6) is 5.75 Å². The topological polar surface area (TPSA) is 35.5 Å². The molecule has 0 saturated heterocycles. The number of para-hydroxylation sites is 1. The Balaban J connectivity index is 1.87. The van der Waals surface area contributed by atoms with Crippen LogP contribution in [-0.4, -0.2) is 19.2 Å². The van der Waals surface area contributed by atoms with E-state index in [1.165, 1.54) is 88.7 Å². The van der Waals surface area contributed by atoms with Crippen molar-refractivity contribution in [3.63, 3.8) is 0 Å². The minimum atomic E-state index is -0.298. The van der Waals surface area contributed by atoms with Crippen molar-refractivity contribution in [2.75, 3.05) is 13.2 Å². The van der Waals surface area contributed by atoms with Crippen LogP contribution < -0.4 is 4.74 Å². The zero-order chi connectivity index (χ0) is 21.4. The molecule has 0 radical (unpaired) electrons. The third-order valence-corrected chi connectivity index (χ3v) is 6.05. The predicted octanol–water partition coefficient (Wildman–Crippen LogP) is 7.83. The molecule has 0 unspecified atom stereocenters. The SMILES string of the molecule is CCCCCCCCCCCOc1c(/C=C/C(=O)OCC)cccc1C1CCCC1. The van der Waals surface area contributed by atoms with Crippen molar-refractivity contribution in [3.8, 4) is 5.75 Å². The molecular weight excluding hydrogens is 372 g/mol. The molecule has 30 heavy (non-hydrogen) atoms. The fourth-order valence-corrected chi connectivity index (χ4v) is 4.36. The van der Waals surface area contributed by atoms with Gasteiger partial charge in [-0.2, -0.15) is 0 Å². The summed E-state index contributed by atoms with van der Waals surface area (Å²) in [4.78, 5) is 11.8. The highest BCUT2D eigenvalue weighted by Crippen LogP contribution is 2.40. The first kappa shape index (κ1) is 24.5. The zero-order valence-corrected chi connectivity index (χ0v) is 19.3. The Bertz CT molecular complexity index is 629. The molecule has 1 aliphatic rings. The normalized spacial score (nSPS) is 14.5. The van der Waals surface area contributed by atoms with Gasteiger partial charge in [-0.1, -0.05) is 89.3 Å². The van der Waals surface area contributed by atoms with Crippen LogP contribution in [0.2, 0.25) is 0 Å². The molecule has 1 aromatic carbocycles. The fraction of sp³-hybridized carbons (Fsp3) is 0.667. The van der Waals surface area contributed by atoms with E-state index in [9.17, 15) is 4.79 Å². The first-order chi connectivity index (χ1) is 14.8. The quantitative estimate of drug-likeness (QED) is 0.167. The molecule has 168 valence electrons. The maximum atomic E-state index is 11.8. The van der Waals surface area contributed by atoms with E-state index in [4.69, 9.17) is 9.47 Å². The lowest BCUT2D eigenvalue weighted by Gasteiger charge is -2.18. The van der Waals surface area contributed by atoms with Crippen molar-refractivity contribution in [1.82, 2.24) is 0 Å². The van der Waals surface area contributed by atoms with Gasteiger partial charge in [-0.25, -0.2) is 4.79 Å². The molecule has 2 rings (SSSR count). The van der Waals surface area contributed by atoms with Gasteiger partial charge in [0.25, 0.3) is 0 Å². The fourth-order valence-electron chi connectivity index (χ4n) is 4.36. The van der Waals surface area contributed by atoms with Crippen LogP contribution in [0, 0.1) is 0 Å². The average molecular weight is 415 g/mol. The number of hydrogen-bond donors (Lipinski definition) is 0. The highest BCUT2D eigenvalue weighted by Gasteiger charge is 2.22. The number of carbonyl (C=O) groups is 1. The Morgan fingerprint density at radius 2 is 1.63 bits per heavy atom. The van der Waals surface area contributed by atoms with Crippen LogP contribution in [0.3, 0.4) is 0 Å². The monoisotopic (exact) mass is 414 g/mol. The molecule has 0 bridgehead atoms. The summed E-state index contributed by atoms with van der Waals surface area (Å²) in [5.74, 6) is 1.26. The molecule has 3 heteroatoms. The summed E-state index contributed by atoms with van der Waals surface area (Å²) >= 11 is 0. The molecule has 0 aromatic heterocycles. The van der Waals surface area contributed by atoms with Gasteiger partial charge in [0.2, 0.25) is 0 Å². The Morgan fingerprint density at radius 1 is 0.967 bits per heavy atom. The molecule has 3 nitrogen and oxygen atoms in total. The smallest absolute Gasteiger partial charge is 0.330 e. The Labute approximate surface area is 184 Å². The second-order valence-electron chi connectivity index (χ2n) is 8.51. The second kappa shape index (κ2) is 15.1. The third-order valence-electron chi connectivity index (χ3n) is 6.05. The lowest BCUT2D eigenvalue weighted by molar-refractivity contribution is -0.137. The van der Waals surface area contributed by atoms with Gasteiger partial charge < -0.3 is 9.47 Å². The number of hydrogen-bond acceptors (Lipinski definition) is 3. The van der Waals surface area contributed by atoms with Gasteiger partial charge in [0.05, 0.1) is 13.2 Å². The van der Waals surface area contributed by atoms with Crippen LogP contribution in [0.4, 0.5) is 0 Å². The number of esters is 1. The van der Waals surface area contributed by atoms with Crippen molar-refractivity contribution in [1.29, 1.82) is 0 Å². The van der Waals surface area contributed by atoms with Crippen LogP contribution >= 0.6 is 0 Å². The van der Waals surface area contributed by atoms with Gasteiger partial charge in [-0.05, 0) is 43.7 Å². The molecule has 0 heterocycles. The maximum absolute atomic E-state index is 11.8. The molecule has 0 aliphatic heterocycles. The summed E-state index contributed by atoms with van der Waals surface area (Å²) in [7, 11) is 0. The largest absolute Gasteiger partial charge is 0.493 e. The standard InChI is InChI=1S/C27H42O3/c1-3-5-6-7-8-9-10-11-14-22-30-27-24(20-21-26(28)29-4-2)18-15-19-25(27)23-16-12-13-17-23/h15,18-21,23H,3-14,16-17,22H2,1-2H3/b21-20+. The van der Waals surface area contributed by atoms with Crippen molar-refractivity contribution < 1.29 is 14.3 Å². The molecule has 1 saturated carbocycles. The summed E-state index contributed by atoms with van der Waals surface area (Å²) in [5.41, 5.74) is 2.30. The summed E-state index contributed by atoms with van der Waals surface area (Å²) < 4.78 is 11.4. The molecule has 0 spiro atoms. The lowest BCUT2D eigenvalue weighted by Crippen LogP contribution is -2.05. The van der Waals surface area contributed by atoms with Crippen molar-refractivity contribution in [2.24, 2.45) is 0 Å². The number of carbonyl (C=O) groups excluding carboxylic acids is 1. The Hall–Kier alpha value is -1.77. The third kappa shape index (κ3) is 8.93. The molecule has 0 amide bonds. The maximum Gasteiger partial charge on any atom is 0.330 e. The number of rotatable bonds is 15. The van der Waals surface area contributed by atoms with E-state index in [1.54, 1.807) is 0 Å². The van der Waals surface area contributed by atoms with Gasteiger partial charge in [-0.3, -0.25) is 0 Å². The Morgan fingerprint density at radius 3 is 2.30 bits per heavy atom. The van der Waals surface area contributed by atoms with Crippen molar-refractivity contribution in [2.45, 2.75) is 103 Å². The zero-order valence-electron chi connectivity index (χ0n) is 19.3. The van der Waals surface area contributed by atoms with Crippen LogP contribution in [-0.2, 0) is 9.53 Å². The van der Waals surface area contributed by atoms with Gasteiger partial charge in [-0.15, -0.1) is 0 Å². The van der Waals surface area contributed by atoms with Gasteiger partial charge in [0.15, 0.2) is 0 Å². The van der Waals surface area contributed by atoms with E-state index in [1.807, 2.05) is 19.1 Å².